The van der Waals surface area contributed by atoms with Crippen LogP contribution in [-0.4, -0.2) is 38.8 Å². The van der Waals surface area contributed by atoms with E-state index in [4.69, 9.17) is 9.47 Å². The summed E-state index contributed by atoms with van der Waals surface area (Å²) in [6.07, 6.45) is 3.43. The van der Waals surface area contributed by atoms with Crippen LogP contribution < -0.4 is 20.1 Å². The Kier molecular flexibility index (Phi) is 7.59. The molecule has 0 saturated heterocycles. The van der Waals surface area contributed by atoms with Gasteiger partial charge < -0.3 is 20.1 Å². The van der Waals surface area contributed by atoms with Gasteiger partial charge in [0, 0.05) is 17.6 Å². The van der Waals surface area contributed by atoms with Crippen LogP contribution in [0.15, 0.2) is 28.3 Å². The van der Waals surface area contributed by atoms with Crippen molar-refractivity contribution in [3.05, 3.63) is 33.8 Å². The van der Waals surface area contributed by atoms with E-state index in [2.05, 4.69) is 32.6 Å². The predicted molar refractivity (Wildman–Crippen MR) is 98.8 cm³/mol. The summed E-state index contributed by atoms with van der Waals surface area (Å²) in [5.41, 5.74) is 2.17. The third-order valence-corrected chi connectivity index (χ3v) is 4.47. The Hall–Kier alpha value is -1.53. The first-order valence-corrected chi connectivity index (χ1v) is 9.16. The third-order valence-electron chi connectivity index (χ3n) is 3.73. The smallest absolute Gasteiger partial charge is 0.224 e. The first-order chi connectivity index (χ1) is 11.6. The Labute approximate surface area is 151 Å². The highest BCUT2D eigenvalue weighted by molar-refractivity contribution is 9.10. The lowest BCUT2D eigenvalue weighted by atomic mass is 10.1. The maximum atomic E-state index is 12.2. The lowest BCUT2D eigenvalue weighted by Crippen LogP contribution is -2.30. The molecule has 1 amide bonds. The molecule has 1 aromatic carbocycles. The second-order valence-electron chi connectivity index (χ2n) is 5.53. The van der Waals surface area contributed by atoms with Crippen LogP contribution in [0, 0.1) is 0 Å². The van der Waals surface area contributed by atoms with Crippen LogP contribution in [0.1, 0.15) is 25.8 Å². The zero-order chi connectivity index (χ0) is 17.4. The van der Waals surface area contributed by atoms with Crippen LogP contribution >= 0.6 is 15.9 Å². The predicted octanol–water partition coefficient (Wildman–Crippen LogP) is 2.82. The Balaban J connectivity index is 2.00. The Morgan fingerprint density at radius 2 is 1.96 bits per heavy atom. The summed E-state index contributed by atoms with van der Waals surface area (Å²) in [7, 11) is 0. The molecule has 132 valence electrons. The summed E-state index contributed by atoms with van der Waals surface area (Å²) in [6, 6.07) is 3.74. The molecule has 24 heavy (non-hydrogen) atoms. The molecular weight excluding hydrogens is 372 g/mol. The maximum absolute atomic E-state index is 12.2. The number of benzene rings is 1. The second kappa shape index (κ2) is 9.69. The van der Waals surface area contributed by atoms with Gasteiger partial charge in [0.15, 0.2) is 11.5 Å². The summed E-state index contributed by atoms with van der Waals surface area (Å²) in [4.78, 5) is 12.2. The van der Waals surface area contributed by atoms with Gasteiger partial charge in [-0.3, -0.25) is 4.79 Å². The quantitative estimate of drug-likeness (QED) is 0.663. The van der Waals surface area contributed by atoms with Crippen LogP contribution in [-0.2, 0) is 11.2 Å². The van der Waals surface area contributed by atoms with Crippen molar-refractivity contribution in [2.75, 3.05) is 32.8 Å². The van der Waals surface area contributed by atoms with E-state index in [0.29, 0.717) is 37.7 Å². The minimum absolute atomic E-state index is 0.00161. The largest absolute Gasteiger partial charge is 0.490 e. The molecular formula is C18H25BrN2O3. The van der Waals surface area contributed by atoms with Gasteiger partial charge in [-0.05, 0) is 44.5 Å². The Morgan fingerprint density at radius 1 is 1.25 bits per heavy atom. The minimum Gasteiger partial charge on any atom is -0.490 e. The maximum Gasteiger partial charge on any atom is 0.224 e. The molecule has 2 N–H and O–H groups in total. The first kappa shape index (κ1) is 18.8. The average molecular weight is 397 g/mol. The molecule has 0 bridgehead atoms. The molecule has 1 heterocycles. The van der Waals surface area contributed by atoms with Crippen molar-refractivity contribution in [3.63, 3.8) is 0 Å². The minimum atomic E-state index is 0.00161. The molecule has 0 radical (unpaired) electrons. The molecule has 0 spiro atoms. The molecule has 1 aliphatic rings. The number of carbonyl (C=O) groups excluding carboxylic acids is 1. The van der Waals surface area contributed by atoms with Crippen molar-refractivity contribution in [1.82, 2.24) is 10.6 Å². The third kappa shape index (κ3) is 5.53. The molecule has 5 nitrogen and oxygen atoms in total. The highest BCUT2D eigenvalue weighted by Crippen LogP contribution is 2.34. The molecule has 0 aromatic heterocycles. The summed E-state index contributed by atoms with van der Waals surface area (Å²) in [6.45, 7) is 7.45. The molecule has 1 aliphatic heterocycles. The van der Waals surface area contributed by atoms with Crippen molar-refractivity contribution in [1.29, 1.82) is 0 Å². The van der Waals surface area contributed by atoms with Gasteiger partial charge in [0.1, 0.15) is 0 Å². The highest BCUT2D eigenvalue weighted by atomic mass is 79.9. The fourth-order valence-corrected chi connectivity index (χ4v) is 2.99. The zero-order valence-electron chi connectivity index (χ0n) is 14.3. The molecule has 0 fully saturated rings. The number of hydrogen-bond acceptors (Lipinski definition) is 4. The van der Waals surface area contributed by atoms with Crippen molar-refractivity contribution < 1.29 is 14.3 Å². The van der Waals surface area contributed by atoms with Gasteiger partial charge in [-0.2, -0.15) is 0 Å². The van der Waals surface area contributed by atoms with E-state index in [0.717, 1.165) is 29.5 Å². The summed E-state index contributed by atoms with van der Waals surface area (Å²) >= 11 is 3.52. The van der Waals surface area contributed by atoms with Crippen LogP contribution in [0.4, 0.5) is 0 Å². The molecule has 0 unspecified atom stereocenters. The Morgan fingerprint density at radius 3 is 2.58 bits per heavy atom. The van der Waals surface area contributed by atoms with Crippen LogP contribution in [0.25, 0.3) is 0 Å². The Bertz CT molecular complexity index is 602. The van der Waals surface area contributed by atoms with Gasteiger partial charge in [-0.15, -0.1) is 0 Å². The zero-order valence-corrected chi connectivity index (χ0v) is 15.9. The lowest BCUT2D eigenvalue weighted by molar-refractivity contribution is -0.120. The van der Waals surface area contributed by atoms with Crippen molar-refractivity contribution in [3.8, 4) is 11.5 Å². The summed E-state index contributed by atoms with van der Waals surface area (Å²) in [5.74, 6) is 1.36. The molecule has 6 heteroatoms. The number of halogens is 1. The lowest BCUT2D eigenvalue weighted by Gasteiger charge is -2.16. The second-order valence-corrected chi connectivity index (χ2v) is 6.38. The van der Waals surface area contributed by atoms with Gasteiger partial charge in [0.2, 0.25) is 5.91 Å². The van der Waals surface area contributed by atoms with E-state index in [1.54, 1.807) is 0 Å². The van der Waals surface area contributed by atoms with Gasteiger partial charge >= 0.3 is 0 Å². The van der Waals surface area contributed by atoms with Gasteiger partial charge in [-0.1, -0.05) is 27.6 Å². The van der Waals surface area contributed by atoms with Gasteiger partial charge in [0.05, 0.1) is 19.6 Å². The number of rotatable bonds is 8. The number of hydrogen-bond donors (Lipinski definition) is 2. The first-order valence-electron chi connectivity index (χ1n) is 8.37. The van der Waals surface area contributed by atoms with E-state index in [1.807, 2.05) is 26.0 Å². The molecule has 1 aromatic rings. The van der Waals surface area contributed by atoms with Crippen molar-refractivity contribution in [2.45, 2.75) is 26.7 Å². The standard InChI is InChI=1S/C18H25BrN2O3/c1-3-23-16-9-14(15(19)11-17(16)24-4-2)10-18(22)21-12-13-5-7-20-8-6-13/h5,9,11,20H,3-4,6-8,10,12H2,1-2H3,(H,21,22). The number of amides is 1. The monoisotopic (exact) mass is 396 g/mol. The topological polar surface area (TPSA) is 59.6 Å². The number of carbonyl (C=O) groups is 1. The van der Waals surface area contributed by atoms with Crippen molar-refractivity contribution >= 4 is 21.8 Å². The molecule has 0 aliphatic carbocycles. The van der Waals surface area contributed by atoms with Gasteiger partial charge in [-0.25, -0.2) is 0 Å². The van der Waals surface area contributed by atoms with Crippen LogP contribution in [0.5, 0.6) is 11.5 Å². The number of nitrogens with one attached hydrogen (secondary N) is 2. The van der Waals surface area contributed by atoms with Crippen LogP contribution in [0.3, 0.4) is 0 Å². The van der Waals surface area contributed by atoms with Gasteiger partial charge in [0.25, 0.3) is 0 Å². The fourth-order valence-electron chi connectivity index (χ4n) is 2.53. The molecule has 2 rings (SSSR count). The average Bonchev–Trinajstić information content (AvgIpc) is 2.58. The summed E-state index contributed by atoms with van der Waals surface area (Å²) < 4.78 is 12.1. The molecule has 0 atom stereocenters. The SMILES string of the molecule is CCOc1cc(Br)c(CC(=O)NCC2=CCNCC2)cc1OCC. The van der Waals surface area contributed by atoms with Crippen molar-refractivity contribution in [2.24, 2.45) is 0 Å². The summed E-state index contributed by atoms with van der Waals surface area (Å²) in [5, 5.41) is 6.25. The fraction of sp³-hybridized carbons (Fsp3) is 0.500. The van der Waals surface area contributed by atoms with E-state index < -0.39 is 0 Å². The highest BCUT2D eigenvalue weighted by Gasteiger charge is 2.14. The molecule has 0 saturated carbocycles. The van der Waals surface area contributed by atoms with E-state index in [-0.39, 0.29) is 5.91 Å². The normalized spacial score (nSPS) is 14.0. The van der Waals surface area contributed by atoms with E-state index in [9.17, 15) is 4.79 Å². The van der Waals surface area contributed by atoms with E-state index >= 15 is 0 Å². The van der Waals surface area contributed by atoms with E-state index in [1.165, 1.54) is 5.57 Å². The number of ether oxygens (including phenoxy) is 2. The van der Waals surface area contributed by atoms with Crippen LogP contribution in [0.2, 0.25) is 0 Å².